The number of amides is 1. The lowest BCUT2D eigenvalue weighted by Crippen LogP contribution is -2.49. The van der Waals surface area contributed by atoms with Crippen molar-refractivity contribution in [2.45, 2.75) is 63.8 Å². The van der Waals surface area contributed by atoms with Crippen LogP contribution in [0.15, 0.2) is 30.4 Å². The predicted octanol–water partition coefficient (Wildman–Crippen LogP) is 4.66. The van der Waals surface area contributed by atoms with Gasteiger partial charge in [0.1, 0.15) is 5.82 Å². The van der Waals surface area contributed by atoms with Gasteiger partial charge in [-0.3, -0.25) is 9.69 Å². The van der Waals surface area contributed by atoms with E-state index in [0.29, 0.717) is 12.6 Å². The van der Waals surface area contributed by atoms with Crippen LogP contribution in [0.2, 0.25) is 0 Å². The van der Waals surface area contributed by atoms with Gasteiger partial charge in [0.05, 0.1) is 0 Å². The summed E-state index contributed by atoms with van der Waals surface area (Å²) in [7, 11) is 0. The van der Waals surface area contributed by atoms with E-state index >= 15 is 0 Å². The summed E-state index contributed by atoms with van der Waals surface area (Å²) in [6, 6.07) is 5.51. The fourth-order valence-corrected chi connectivity index (χ4v) is 5.50. The Hall–Kier alpha value is -1.68. The van der Waals surface area contributed by atoms with Crippen LogP contribution in [-0.2, 0) is 10.2 Å². The molecule has 4 heteroatoms. The van der Waals surface area contributed by atoms with Crippen molar-refractivity contribution in [2.75, 3.05) is 24.5 Å². The van der Waals surface area contributed by atoms with Gasteiger partial charge in [-0.15, -0.1) is 0 Å². The van der Waals surface area contributed by atoms with E-state index in [-0.39, 0.29) is 17.1 Å². The highest BCUT2D eigenvalue weighted by Crippen LogP contribution is 2.48. The average molecular weight is 371 g/mol. The van der Waals surface area contributed by atoms with Crippen molar-refractivity contribution in [1.29, 1.82) is 0 Å². The fraction of sp³-hybridized carbons (Fsp3) is 0.609. The van der Waals surface area contributed by atoms with Crippen molar-refractivity contribution >= 4 is 11.6 Å². The number of anilines is 1. The Morgan fingerprint density at radius 3 is 2.74 bits per heavy atom. The zero-order chi connectivity index (χ0) is 19.2. The third kappa shape index (κ3) is 3.44. The second-order valence-electron chi connectivity index (χ2n) is 9.07. The Kier molecular flexibility index (Phi) is 4.87. The monoisotopic (exact) mass is 370 g/mol. The van der Waals surface area contributed by atoms with Crippen molar-refractivity contribution in [1.82, 2.24) is 4.90 Å². The molecule has 2 heterocycles. The molecule has 1 aromatic rings. The Morgan fingerprint density at radius 1 is 1.30 bits per heavy atom. The Bertz CT molecular complexity index is 751. The second kappa shape index (κ2) is 7.05. The Balaban J connectivity index is 1.54. The molecule has 0 aromatic heterocycles. The van der Waals surface area contributed by atoms with E-state index in [4.69, 9.17) is 0 Å². The number of carbonyl (C=O) groups is 1. The first-order chi connectivity index (χ1) is 12.9. The summed E-state index contributed by atoms with van der Waals surface area (Å²) in [6.07, 6.45) is 6.76. The molecule has 1 saturated carbocycles. The van der Waals surface area contributed by atoms with Crippen molar-refractivity contribution in [3.8, 4) is 0 Å². The lowest BCUT2D eigenvalue weighted by Gasteiger charge is -2.43. The summed E-state index contributed by atoms with van der Waals surface area (Å²) < 4.78 is 14.0. The van der Waals surface area contributed by atoms with Crippen LogP contribution in [0.5, 0.6) is 0 Å². The van der Waals surface area contributed by atoms with E-state index in [9.17, 15) is 9.18 Å². The standard InChI is InChI=1S/C23H31FN2O/c1-16-4-5-17(2)13-20(12-16)25-10-8-23(9-11-25)15-26(18(3)27)22-7-6-19(24)14-21(22)23/h6-7,14,17,20H,1,4-5,8-13,15H2,2-3H3. The summed E-state index contributed by atoms with van der Waals surface area (Å²) >= 11 is 0. The van der Waals surface area contributed by atoms with E-state index in [2.05, 4.69) is 18.4 Å². The molecule has 1 spiro atoms. The maximum atomic E-state index is 14.0. The highest BCUT2D eigenvalue weighted by Gasteiger charge is 2.46. The fourth-order valence-electron chi connectivity index (χ4n) is 5.50. The zero-order valence-corrected chi connectivity index (χ0v) is 16.6. The topological polar surface area (TPSA) is 23.6 Å². The number of nitrogens with zero attached hydrogens (tertiary/aromatic N) is 2. The third-order valence-corrected chi connectivity index (χ3v) is 7.12. The molecular weight excluding hydrogens is 339 g/mol. The second-order valence-corrected chi connectivity index (χ2v) is 9.07. The molecule has 1 saturated heterocycles. The first-order valence-corrected chi connectivity index (χ1v) is 10.4. The minimum absolute atomic E-state index is 0.0519. The number of piperidine rings is 1. The van der Waals surface area contributed by atoms with E-state index in [1.807, 2.05) is 4.90 Å². The van der Waals surface area contributed by atoms with Crippen LogP contribution in [-0.4, -0.2) is 36.5 Å². The van der Waals surface area contributed by atoms with Gasteiger partial charge < -0.3 is 4.90 Å². The van der Waals surface area contributed by atoms with E-state index in [1.54, 1.807) is 19.1 Å². The van der Waals surface area contributed by atoms with Gasteiger partial charge in [-0.2, -0.15) is 0 Å². The SMILES string of the molecule is C=C1CCC(C)CC(N2CCC3(CC2)CN(C(C)=O)c2ccc(F)cc23)C1. The molecule has 4 rings (SSSR count). The number of fused-ring (bicyclic) bond motifs is 2. The number of halogens is 1. The largest absolute Gasteiger partial charge is 0.311 e. The van der Waals surface area contributed by atoms with Crippen LogP contribution in [0.1, 0.15) is 57.9 Å². The predicted molar refractivity (Wildman–Crippen MR) is 107 cm³/mol. The molecular formula is C23H31FN2O. The quantitative estimate of drug-likeness (QED) is 0.530. The first-order valence-electron chi connectivity index (χ1n) is 10.4. The van der Waals surface area contributed by atoms with Gasteiger partial charge in [0.15, 0.2) is 0 Å². The Morgan fingerprint density at radius 2 is 2.04 bits per heavy atom. The average Bonchev–Trinajstić information content (AvgIpc) is 2.82. The molecule has 1 amide bonds. The lowest BCUT2D eigenvalue weighted by atomic mass is 9.74. The van der Waals surface area contributed by atoms with Crippen LogP contribution < -0.4 is 4.90 Å². The molecule has 2 atom stereocenters. The summed E-state index contributed by atoms with van der Waals surface area (Å²) in [6.45, 7) is 11.0. The van der Waals surface area contributed by atoms with E-state index < -0.39 is 0 Å². The van der Waals surface area contributed by atoms with Crippen molar-refractivity contribution < 1.29 is 9.18 Å². The third-order valence-electron chi connectivity index (χ3n) is 7.12. The van der Waals surface area contributed by atoms with Gasteiger partial charge in [-0.25, -0.2) is 4.39 Å². The smallest absolute Gasteiger partial charge is 0.223 e. The molecule has 146 valence electrons. The molecule has 3 nitrogen and oxygen atoms in total. The lowest BCUT2D eigenvalue weighted by molar-refractivity contribution is -0.116. The molecule has 1 aliphatic carbocycles. The number of hydrogen-bond acceptors (Lipinski definition) is 2. The van der Waals surface area contributed by atoms with Crippen LogP contribution in [0.25, 0.3) is 0 Å². The summed E-state index contributed by atoms with van der Waals surface area (Å²) in [5.74, 6) is 0.602. The zero-order valence-electron chi connectivity index (χ0n) is 16.6. The number of benzene rings is 1. The molecule has 0 N–H and O–H groups in total. The van der Waals surface area contributed by atoms with E-state index in [1.165, 1.54) is 24.5 Å². The van der Waals surface area contributed by atoms with Crippen LogP contribution in [0.4, 0.5) is 10.1 Å². The molecule has 0 bridgehead atoms. The molecule has 3 aliphatic rings. The molecule has 2 aliphatic heterocycles. The van der Waals surface area contributed by atoms with Crippen LogP contribution >= 0.6 is 0 Å². The maximum Gasteiger partial charge on any atom is 0.223 e. The van der Waals surface area contributed by atoms with Gasteiger partial charge in [0.2, 0.25) is 5.91 Å². The van der Waals surface area contributed by atoms with Crippen molar-refractivity contribution in [3.05, 3.63) is 41.7 Å². The number of carbonyl (C=O) groups excluding carboxylic acids is 1. The van der Waals surface area contributed by atoms with Gasteiger partial charge in [-0.05, 0) is 81.3 Å². The van der Waals surface area contributed by atoms with Crippen molar-refractivity contribution in [3.63, 3.8) is 0 Å². The highest BCUT2D eigenvalue weighted by molar-refractivity contribution is 5.94. The van der Waals surface area contributed by atoms with Gasteiger partial charge in [0, 0.05) is 30.6 Å². The molecule has 1 aromatic carbocycles. The minimum atomic E-state index is -0.199. The summed E-state index contributed by atoms with van der Waals surface area (Å²) in [5, 5.41) is 0. The number of rotatable bonds is 1. The van der Waals surface area contributed by atoms with Crippen LogP contribution in [0.3, 0.4) is 0 Å². The van der Waals surface area contributed by atoms with E-state index in [0.717, 1.165) is 55.9 Å². The van der Waals surface area contributed by atoms with Crippen molar-refractivity contribution in [2.24, 2.45) is 5.92 Å². The van der Waals surface area contributed by atoms with Crippen LogP contribution in [0, 0.1) is 11.7 Å². The molecule has 27 heavy (non-hydrogen) atoms. The minimum Gasteiger partial charge on any atom is -0.311 e. The molecule has 2 unspecified atom stereocenters. The highest BCUT2D eigenvalue weighted by atomic mass is 19.1. The van der Waals surface area contributed by atoms with Gasteiger partial charge in [0.25, 0.3) is 0 Å². The molecule has 0 radical (unpaired) electrons. The normalized spacial score (nSPS) is 28.3. The maximum absolute atomic E-state index is 14.0. The summed E-state index contributed by atoms with van der Waals surface area (Å²) in [5.41, 5.74) is 3.25. The van der Waals surface area contributed by atoms with Gasteiger partial charge >= 0.3 is 0 Å². The van der Waals surface area contributed by atoms with Gasteiger partial charge in [-0.1, -0.05) is 19.1 Å². The number of likely N-dealkylation sites (tertiary alicyclic amines) is 1. The first kappa shape index (κ1) is 18.7. The summed E-state index contributed by atoms with van der Waals surface area (Å²) in [4.78, 5) is 16.6. The molecule has 2 fully saturated rings. The number of hydrogen-bond donors (Lipinski definition) is 0. The Labute approximate surface area is 162 Å².